The summed E-state index contributed by atoms with van der Waals surface area (Å²) in [5.74, 6) is 2.68. The Balaban J connectivity index is 2.54. The molecule has 2 nitrogen and oxygen atoms in total. The molecule has 3 heteroatoms. The highest BCUT2D eigenvalue weighted by Crippen LogP contribution is 2.19. The summed E-state index contributed by atoms with van der Waals surface area (Å²) in [4.78, 5) is 1.14. The second kappa shape index (κ2) is 3.82. The molecule has 13 heavy (non-hydrogen) atoms. The number of hydrogen-bond acceptors (Lipinski definition) is 3. The molecule has 0 amide bonds. The number of thiophene rings is 1. The second-order valence-corrected chi connectivity index (χ2v) is 4.42. The maximum atomic E-state index is 5.73. The highest BCUT2D eigenvalue weighted by atomic mass is 32.1. The maximum Gasteiger partial charge on any atom is 0.0744 e. The topological polar surface area (TPSA) is 38.0 Å². The molecule has 0 bridgehead atoms. The van der Waals surface area contributed by atoms with E-state index in [1.807, 2.05) is 25.3 Å². The van der Waals surface area contributed by atoms with Gasteiger partial charge in [0.25, 0.3) is 0 Å². The van der Waals surface area contributed by atoms with Gasteiger partial charge in [-0.05, 0) is 25.3 Å². The van der Waals surface area contributed by atoms with Gasteiger partial charge in [0.15, 0.2) is 0 Å². The van der Waals surface area contributed by atoms with E-state index in [1.165, 1.54) is 0 Å². The van der Waals surface area contributed by atoms with Gasteiger partial charge in [-0.3, -0.25) is 5.32 Å². The summed E-state index contributed by atoms with van der Waals surface area (Å²) in [6.07, 6.45) is 5.34. The predicted molar refractivity (Wildman–Crippen MR) is 58.5 cm³/mol. The lowest BCUT2D eigenvalue weighted by atomic mass is 10.1. The van der Waals surface area contributed by atoms with Crippen molar-refractivity contribution < 1.29 is 0 Å². The van der Waals surface area contributed by atoms with Gasteiger partial charge >= 0.3 is 0 Å². The van der Waals surface area contributed by atoms with Crippen LogP contribution in [-0.2, 0) is 6.54 Å². The van der Waals surface area contributed by atoms with Crippen molar-refractivity contribution in [3.63, 3.8) is 0 Å². The van der Waals surface area contributed by atoms with Crippen molar-refractivity contribution in [2.75, 3.05) is 5.73 Å². The fraction of sp³-hybridized carbons (Fsp3) is 0.400. The number of hydrogen-bond donors (Lipinski definition) is 2. The molecule has 0 aliphatic carbocycles. The lowest BCUT2D eigenvalue weighted by molar-refractivity contribution is 0.494. The van der Waals surface area contributed by atoms with Gasteiger partial charge in [0.2, 0.25) is 0 Å². The molecule has 1 rings (SSSR count). The summed E-state index contributed by atoms with van der Waals surface area (Å²) in [6, 6.07) is 1.91. The zero-order valence-corrected chi connectivity index (χ0v) is 8.74. The number of nitrogen functional groups attached to an aromatic ring is 1. The molecule has 1 aromatic rings. The van der Waals surface area contributed by atoms with Crippen LogP contribution in [0.15, 0.2) is 11.4 Å². The molecule has 0 saturated heterocycles. The van der Waals surface area contributed by atoms with E-state index in [9.17, 15) is 0 Å². The molecule has 1 heterocycles. The number of rotatable bonds is 3. The molecule has 0 saturated carbocycles. The van der Waals surface area contributed by atoms with Gasteiger partial charge in [-0.25, -0.2) is 0 Å². The van der Waals surface area contributed by atoms with Crippen LogP contribution in [0.4, 0.5) is 5.69 Å². The van der Waals surface area contributed by atoms with E-state index < -0.39 is 0 Å². The van der Waals surface area contributed by atoms with E-state index in [-0.39, 0.29) is 5.54 Å². The second-order valence-electron chi connectivity index (χ2n) is 3.42. The predicted octanol–water partition coefficient (Wildman–Crippen LogP) is 1.83. The molecule has 70 valence electrons. The van der Waals surface area contributed by atoms with Crippen LogP contribution >= 0.6 is 11.3 Å². The molecule has 0 spiro atoms. The lowest BCUT2D eigenvalue weighted by Crippen LogP contribution is -2.36. The van der Waals surface area contributed by atoms with Crippen molar-refractivity contribution in [2.24, 2.45) is 0 Å². The summed E-state index contributed by atoms with van der Waals surface area (Å²) in [6.45, 7) is 4.67. The molecule has 0 atom stereocenters. The SMILES string of the molecule is C#CC(C)(C)NCc1sccc1N. The maximum absolute atomic E-state index is 5.73. The van der Waals surface area contributed by atoms with Gasteiger partial charge in [-0.15, -0.1) is 17.8 Å². The van der Waals surface area contributed by atoms with Gasteiger partial charge in [0, 0.05) is 17.1 Å². The molecule has 0 fully saturated rings. The molecule has 3 N–H and O–H groups in total. The Morgan fingerprint density at radius 1 is 1.69 bits per heavy atom. The van der Waals surface area contributed by atoms with Crippen LogP contribution in [-0.4, -0.2) is 5.54 Å². The highest BCUT2D eigenvalue weighted by molar-refractivity contribution is 7.10. The van der Waals surface area contributed by atoms with Crippen LogP contribution in [0.5, 0.6) is 0 Å². The van der Waals surface area contributed by atoms with Gasteiger partial charge < -0.3 is 5.73 Å². The van der Waals surface area contributed by atoms with Gasteiger partial charge in [0.05, 0.1) is 5.54 Å². The van der Waals surface area contributed by atoms with E-state index in [4.69, 9.17) is 12.2 Å². The number of nitrogens with one attached hydrogen (secondary N) is 1. The normalized spacial score (nSPS) is 11.2. The minimum Gasteiger partial charge on any atom is -0.398 e. The van der Waals surface area contributed by atoms with Gasteiger partial charge in [-0.2, -0.15) is 0 Å². The summed E-state index contributed by atoms with van der Waals surface area (Å²) >= 11 is 1.64. The molecule has 0 aromatic carbocycles. The van der Waals surface area contributed by atoms with Crippen LogP contribution in [0.1, 0.15) is 18.7 Å². The van der Waals surface area contributed by atoms with Crippen LogP contribution in [0.2, 0.25) is 0 Å². The standard InChI is InChI=1S/C10H14N2S/c1-4-10(2,3)12-7-9-8(11)5-6-13-9/h1,5-6,12H,7,11H2,2-3H3. The van der Waals surface area contributed by atoms with Gasteiger partial charge in [0.1, 0.15) is 0 Å². The van der Waals surface area contributed by atoms with Crippen LogP contribution in [0.3, 0.4) is 0 Å². The Hall–Kier alpha value is -0.980. The van der Waals surface area contributed by atoms with Crippen LogP contribution in [0.25, 0.3) is 0 Å². The summed E-state index contributed by atoms with van der Waals surface area (Å²) < 4.78 is 0. The largest absolute Gasteiger partial charge is 0.398 e. The summed E-state index contributed by atoms with van der Waals surface area (Å²) in [5.41, 5.74) is 6.30. The van der Waals surface area contributed by atoms with Crippen molar-refractivity contribution in [3.05, 3.63) is 16.3 Å². The Morgan fingerprint density at radius 2 is 2.38 bits per heavy atom. The molecule has 0 aliphatic rings. The average molecular weight is 194 g/mol. The fourth-order valence-electron chi connectivity index (χ4n) is 0.846. The zero-order chi connectivity index (χ0) is 9.90. The first-order chi connectivity index (χ1) is 6.05. The Morgan fingerprint density at radius 3 is 2.85 bits per heavy atom. The van der Waals surface area contributed by atoms with Crippen molar-refractivity contribution >= 4 is 17.0 Å². The molecule has 0 unspecified atom stereocenters. The quantitative estimate of drug-likeness (QED) is 0.720. The average Bonchev–Trinajstić information content (AvgIpc) is 2.48. The number of terminal acetylenes is 1. The molecule has 1 aromatic heterocycles. The molecular weight excluding hydrogens is 180 g/mol. The highest BCUT2D eigenvalue weighted by Gasteiger charge is 2.13. The summed E-state index contributed by atoms with van der Waals surface area (Å²) in [7, 11) is 0. The monoisotopic (exact) mass is 194 g/mol. The first-order valence-electron chi connectivity index (χ1n) is 4.10. The third-order valence-electron chi connectivity index (χ3n) is 1.83. The summed E-state index contributed by atoms with van der Waals surface area (Å²) in [5, 5.41) is 5.23. The molecule has 0 aliphatic heterocycles. The minimum absolute atomic E-state index is 0.267. The Bertz CT molecular complexity index is 320. The van der Waals surface area contributed by atoms with E-state index in [0.29, 0.717) is 0 Å². The van der Waals surface area contributed by atoms with Gasteiger partial charge in [-0.1, -0.05) is 5.92 Å². The molecular formula is C10H14N2S. The molecule has 0 radical (unpaired) electrons. The number of anilines is 1. The van der Waals surface area contributed by atoms with Crippen molar-refractivity contribution in [2.45, 2.75) is 25.9 Å². The number of nitrogens with two attached hydrogens (primary N) is 1. The third kappa shape index (κ3) is 2.76. The van der Waals surface area contributed by atoms with Crippen LogP contribution in [0, 0.1) is 12.3 Å². The first kappa shape index (κ1) is 10.1. The fourth-order valence-corrected chi connectivity index (χ4v) is 1.58. The van der Waals surface area contributed by atoms with Crippen molar-refractivity contribution in [1.82, 2.24) is 5.32 Å². The van der Waals surface area contributed by atoms with Crippen molar-refractivity contribution in [3.8, 4) is 12.3 Å². The smallest absolute Gasteiger partial charge is 0.0744 e. The lowest BCUT2D eigenvalue weighted by Gasteiger charge is -2.19. The van der Waals surface area contributed by atoms with Crippen molar-refractivity contribution in [1.29, 1.82) is 0 Å². The van der Waals surface area contributed by atoms with E-state index in [1.54, 1.807) is 11.3 Å². The van der Waals surface area contributed by atoms with E-state index in [2.05, 4.69) is 11.2 Å². The van der Waals surface area contributed by atoms with E-state index in [0.717, 1.165) is 17.1 Å². The first-order valence-corrected chi connectivity index (χ1v) is 4.98. The Kier molecular flexibility index (Phi) is 2.97. The van der Waals surface area contributed by atoms with E-state index >= 15 is 0 Å². The zero-order valence-electron chi connectivity index (χ0n) is 7.92. The Labute approximate surface area is 83.2 Å². The van der Waals surface area contributed by atoms with Crippen LogP contribution < -0.4 is 11.1 Å². The third-order valence-corrected chi connectivity index (χ3v) is 2.77. The minimum atomic E-state index is -0.267.